The van der Waals surface area contributed by atoms with Crippen LogP contribution in [0.25, 0.3) is 0 Å². The summed E-state index contributed by atoms with van der Waals surface area (Å²) in [7, 11) is 0. The van der Waals surface area contributed by atoms with Crippen molar-refractivity contribution in [3.05, 3.63) is 65.0 Å². The number of amides is 1. The molecular weight excluding hydrogens is 557 g/mol. The maximum Gasteiger partial charge on any atom is 0.292 e. The van der Waals surface area contributed by atoms with E-state index in [2.05, 4.69) is 59.6 Å². The van der Waals surface area contributed by atoms with Crippen LogP contribution in [0.15, 0.2) is 42.5 Å². The molecule has 2 aromatic carbocycles. The van der Waals surface area contributed by atoms with Gasteiger partial charge in [0.2, 0.25) is 5.78 Å². The second-order valence-corrected chi connectivity index (χ2v) is 12.9. The first-order valence-corrected chi connectivity index (χ1v) is 16.2. The van der Waals surface area contributed by atoms with Gasteiger partial charge in [-0.2, -0.15) is 0 Å². The summed E-state index contributed by atoms with van der Waals surface area (Å²) in [6.07, 6.45) is 10.3. The number of hydrogen-bond donors (Lipinski definition) is 3. The highest BCUT2D eigenvalue weighted by Gasteiger charge is 2.49. The Kier molecular flexibility index (Phi) is 10.4. The van der Waals surface area contributed by atoms with E-state index in [1.54, 1.807) is 0 Å². The summed E-state index contributed by atoms with van der Waals surface area (Å²) in [6, 6.07) is 12.3. The first kappa shape index (κ1) is 32.2. The number of benzene rings is 2. The first-order chi connectivity index (χ1) is 21.3. The minimum Gasteiger partial charge on any atom is -0.493 e. The Morgan fingerprint density at radius 2 is 2.02 bits per heavy atom. The lowest BCUT2D eigenvalue weighted by atomic mass is 9.96. The number of nitrogens with zero attached hydrogens (tertiary/aromatic N) is 1. The predicted molar refractivity (Wildman–Crippen MR) is 169 cm³/mol. The Morgan fingerprint density at radius 1 is 1.20 bits per heavy atom. The van der Waals surface area contributed by atoms with E-state index in [0.29, 0.717) is 31.8 Å². The fraction of sp³-hybridized carbons (Fsp3) is 0.556. The zero-order valence-corrected chi connectivity index (χ0v) is 26.0. The van der Waals surface area contributed by atoms with Gasteiger partial charge in [0.25, 0.3) is 5.91 Å². The average molecular weight is 604 g/mol. The average Bonchev–Trinajstić information content (AvgIpc) is 3.94. The van der Waals surface area contributed by atoms with Crippen LogP contribution in [0.5, 0.6) is 5.75 Å². The zero-order valence-electron chi connectivity index (χ0n) is 26.0. The van der Waals surface area contributed by atoms with Gasteiger partial charge in [-0.05, 0) is 86.2 Å². The van der Waals surface area contributed by atoms with Crippen molar-refractivity contribution in [3.63, 3.8) is 0 Å². The van der Waals surface area contributed by atoms with E-state index in [0.717, 1.165) is 51.4 Å². The molecule has 2 bridgehead atoms. The molecule has 2 aliphatic carbocycles. The van der Waals surface area contributed by atoms with Crippen LogP contribution in [0.4, 0.5) is 4.39 Å². The minimum absolute atomic E-state index is 0.0602. The Balaban J connectivity index is 1.35. The molecule has 5 unspecified atom stereocenters. The number of fused-ring (bicyclic) bond motifs is 3. The third-order valence-electron chi connectivity index (χ3n) is 9.82. The molecule has 2 saturated carbocycles. The van der Waals surface area contributed by atoms with E-state index in [1.165, 1.54) is 23.3 Å². The molecule has 8 heteroatoms. The Labute approximate surface area is 260 Å². The molecule has 0 saturated heterocycles. The number of carbonyl (C=O) groups is 2. The van der Waals surface area contributed by atoms with Crippen LogP contribution in [0.3, 0.4) is 0 Å². The van der Waals surface area contributed by atoms with Gasteiger partial charge in [0.15, 0.2) is 0 Å². The molecule has 3 aliphatic rings. The molecule has 1 aliphatic heterocycles. The van der Waals surface area contributed by atoms with Crippen molar-refractivity contribution in [2.24, 2.45) is 23.7 Å². The number of halogens is 1. The lowest BCUT2D eigenvalue weighted by molar-refractivity contribution is -0.117. The number of rotatable bonds is 9. The summed E-state index contributed by atoms with van der Waals surface area (Å²) < 4.78 is 20.6. The quantitative estimate of drug-likeness (QED) is 0.292. The highest BCUT2D eigenvalue weighted by molar-refractivity contribution is 6.42. The van der Waals surface area contributed by atoms with E-state index in [-0.39, 0.29) is 41.2 Å². The van der Waals surface area contributed by atoms with E-state index >= 15 is 0 Å². The normalized spacial score (nSPS) is 26.1. The van der Waals surface area contributed by atoms with Gasteiger partial charge in [-0.1, -0.05) is 38.1 Å². The molecular formula is C36H46FN3O4. The SMILES string of the molecule is C#CCC1C2CNC(=O)C(=O)c3cc(F)cc(c3)OCC(C(O)CNC3(c4cccc(CC)c4)CC3)CCN(CCC)CC12. The van der Waals surface area contributed by atoms with Crippen LogP contribution in [-0.2, 0) is 16.8 Å². The molecule has 2 aromatic rings. The highest BCUT2D eigenvalue weighted by Crippen LogP contribution is 2.49. The molecule has 0 aromatic heterocycles. The van der Waals surface area contributed by atoms with Gasteiger partial charge in [-0.15, -0.1) is 12.3 Å². The molecule has 5 atom stereocenters. The van der Waals surface area contributed by atoms with Crippen molar-refractivity contribution >= 4 is 11.7 Å². The van der Waals surface area contributed by atoms with Crippen molar-refractivity contribution in [2.45, 2.75) is 64.0 Å². The maximum atomic E-state index is 14.6. The Morgan fingerprint density at radius 3 is 2.75 bits per heavy atom. The minimum atomic E-state index is -0.803. The number of aliphatic hydroxyl groups is 1. The highest BCUT2D eigenvalue weighted by atomic mass is 19.1. The second-order valence-electron chi connectivity index (χ2n) is 12.9. The van der Waals surface area contributed by atoms with E-state index in [4.69, 9.17) is 11.2 Å². The first-order valence-electron chi connectivity index (χ1n) is 16.2. The van der Waals surface area contributed by atoms with E-state index in [9.17, 15) is 19.1 Å². The van der Waals surface area contributed by atoms with Gasteiger partial charge in [0.05, 0.1) is 12.7 Å². The Bertz CT molecular complexity index is 1370. The van der Waals surface area contributed by atoms with E-state index in [1.807, 2.05) is 0 Å². The summed E-state index contributed by atoms with van der Waals surface area (Å²) in [4.78, 5) is 28.1. The number of aliphatic hydroxyl groups excluding tert-OH is 1. The van der Waals surface area contributed by atoms with Crippen LogP contribution in [0, 0.1) is 41.8 Å². The zero-order chi connectivity index (χ0) is 31.3. The topological polar surface area (TPSA) is 90.9 Å². The van der Waals surface area contributed by atoms with Gasteiger partial charge < -0.3 is 25.4 Å². The smallest absolute Gasteiger partial charge is 0.292 e. The molecule has 1 amide bonds. The number of nitrogens with one attached hydrogen (secondary N) is 2. The van der Waals surface area contributed by atoms with Gasteiger partial charge in [-0.3, -0.25) is 9.59 Å². The molecule has 7 nitrogen and oxygen atoms in total. The predicted octanol–water partition coefficient (Wildman–Crippen LogP) is 4.32. The molecule has 5 rings (SSSR count). The van der Waals surface area contributed by atoms with Gasteiger partial charge in [0.1, 0.15) is 11.6 Å². The fourth-order valence-corrected chi connectivity index (χ4v) is 6.83. The number of ether oxygens (including phenoxy) is 1. The van der Waals surface area contributed by atoms with Crippen LogP contribution < -0.4 is 15.4 Å². The molecule has 44 heavy (non-hydrogen) atoms. The van der Waals surface area contributed by atoms with Crippen molar-refractivity contribution < 1.29 is 23.8 Å². The van der Waals surface area contributed by atoms with Crippen molar-refractivity contribution in [1.82, 2.24) is 15.5 Å². The number of Topliss-reactive ketones (excluding diaryl/α,β-unsaturated/α-hetero) is 1. The summed E-state index contributed by atoms with van der Waals surface area (Å²) in [5, 5.41) is 18.0. The molecule has 1 heterocycles. The molecule has 3 N–H and O–H groups in total. The van der Waals surface area contributed by atoms with Gasteiger partial charge >= 0.3 is 0 Å². The third kappa shape index (κ3) is 7.69. The lowest BCUT2D eigenvalue weighted by Crippen LogP contribution is -2.42. The third-order valence-corrected chi connectivity index (χ3v) is 9.82. The fourth-order valence-electron chi connectivity index (χ4n) is 6.83. The van der Waals surface area contributed by atoms with Gasteiger partial charge in [-0.25, -0.2) is 4.39 Å². The second kappa shape index (κ2) is 14.2. The van der Waals surface area contributed by atoms with Crippen molar-refractivity contribution in [1.29, 1.82) is 0 Å². The van der Waals surface area contributed by atoms with Crippen molar-refractivity contribution in [2.75, 3.05) is 39.3 Å². The monoisotopic (exact) mass is 603 g/mol. The molecule has 0 radical (unpaired) electrons. The van der Waals surface area contributed by atoms with Crippen LogP contribution in [-0.4, -0.2) is 67.1 Å². The summed E-state index contributed by atoms with van der Waals surface area (Å²) >= 11 is 0. The number of carbonyl (C=O) groups excluding carboxylic acids is 2. The number of hydrogen-bond acceptors (Lipinski definition) is 6. The molecule has 2 fully saturated rings. The maximum absolute atomic E-state index is 14.6. The largest absolute Gasteiger partial charge is 0.493 e. The lowest BCUT2D eigenvalue weighted by Gasteiger charge is -2.29. The number of aryl methyl sites for hydroxylation is 1. The number of ketones is 1. The standard InChI is InChI=1S/C36H46FN3O4/c1-4-8-30-31-20-38-35(43)34(42)26-17-28(37)19-29(18-26)44-23-25(11-15-40(14-5-2)22-32(30)31)33(41)21-39-36(12-13-36)27-10-7-9-24(6-3)16-27/h1,7,9-10,16-19,25,30-33,39,41H,5-6,8,11-15,20-23H2,2-3H3,(H,38,43). The molecule has 0 spiro atoms. The summed E-state index contributed by atoms with van der Waals surface area (Å²) in [6.45, 7) is 7.73. The van der Waals surface area contributed by atoms with E-state index < -0.39 is 23.6 Å². The van der Waals surface area contributed by atoms with Crippen LogP contribution >= 0.6 is 0 Å². The van der Waals surface area contributed by atoms with Crippen LogP contribution in [0.2, 0.25) is 0 Å². The van der Waals surface area contributed by atoms with Crippen LogP contribution in [0.1, 0.15) is 67.4 Å². The number of terminal acetylenes is 1. The Hall–Kier alpha value is -3.25. The van der Waals surface area contributed by atoms with Crippen molar-refractivity contribution in [3.8, 4) is 18.1 Å². The molecule has 236 valence electrons. The van der Waals surface area contributed by atoms with Gasteiger partial charge in [0, 0.05) is 49.1 Å². The summed E-state index contributed by atoms with van der Waals surface area (Å²) in [5.74, 6) is 1.25. The summed E-state index contributed by atoms with van der Waals surface area (Å²) in [5.41, 5.74) is 2.38.